The van der Waals surface area contributed by atoms with Crippen LogP contribution < -0.4 is 16.0 Å². The summed E-state index contributed by atoms with van der Waals surface area (Å²) in [5.74, 6) is 1.40. The van der Waals surface area contributed by atoms with Gasteiger partial charge in [-0.05, 0) is 66.2 Å². The largest absolute Gasteiger partial charge is 0.465 e. The van der Waals surface area contributed by atoms with E-state index in [4.69, 9.17) is 9.25 Å². The Balaban J connectivity index is 1.20. The average molecular weight is 508 g/mol. The van der Waals surface area contributed by atoms with E-state index < -0.39 is 0 Å². The maximum absolute atomic E-state index is 13.3. The van der Waals surface area contributed by atoms with Gasteiger partial charge in [0.05, 0.1) is 12.0 Å². The zero-order valence-electron chi connectivity index (χ0n) is 20.0. The summed E-state index contributed by atoms with van der Waals surface area (Å²) in [6.45, 7) is 0. The van der Waals surface area contributed by atoms with E-state index in [0.29, 0.717) is 30.0 Å². The van der Waals surface area contributed by atoms with Crippen molar-refractivity contribution >= 4 is 40.6 Å². The molecule has 5 aromatic rings. The van der Waals surface area contributed by atoms with Crippen LogP contribution in [0.1, 0.15) is 23.8 Å². The van der Waals surface area contributed by atoms with Gasteiger partial charge in [0.1, 0.15) is 11.6 Å². The Kier molecular flexibility index (Phi) is 6.34. The first-order valence-corrected chi connectivity index (χ1v) is 11.9. The topological polar surface area (TPSA) is 109 Å². The number of rotatable bonds is 8. The summed E-state index contributed by atoms with van der Waals surface area (Å²) in [4.78, 5) is 19.0. The molecule has 2 aromatic heterocycles. The lowest BCUT2D eigenvalue weighted by Crippen LogP contribution is -2.07. The molecule has 9 nitrogen and oxygen atoms in total. The van der Waals surface area contributed by atoms with E-state index in [1.54, 1.807) is 18.4 Å². The zero-order chi connectivity index (χ0) is 25.7. The Morgan fingerprint density at radius 1 is 0.658 bits per heavy atom. The summed E-state index contributed by atoms with van der Waals surface area (Å²) in [7, 11) is 0. The number of nitrogens with zero attached hydrogens (tertiary/aromatic N) is 4. The molecule has 3 heterocycles. The molecule has 1 unspecified atom stereocenters. The van der Waals surface area contributed by atoms with Crippen molar-refractivity contribution in [1.29, 1.82) is 0 Å². The lowest BCUT2D eigenvalue weighted by Gasteiger charge is -2.12. The normalized spacial score (nSPS) is 14.4. The number of halogens is 1. The third-order valence-corrected chi connectivity index (χ3v) is 5.77. The van der Waals surface area contributed by atoms with Gasteiger partial charge in [0.15, 0.2) is 6.10 Å². The molecule has 0 saturated heterocycles. The van der Waals surface area contributed by atoms with Gasteiger partial charge in [-0.15, -0.1) is 0 Å². The lowest BCUT2D eigenvalue weighted by atomic mass is 10.0. The maximum atomic E-state index is 13.3. The molecule has 38 heavy (non-hydrogen) atoms. The van der Waals surface area contributed by atoms with Crippen LogP contribution in [0, 0.1) is 5.82 Å². The van der Waals surface area contributed by atoms with Crippen LogP contribution in [0.4, 0.5) is 39.3 Å². The first-order chi connectivity index (χ1) is 18.7. The number of hydrogen-bond donors (Lipinski definition) is 3. The molecular weight excluding hydrogens is 485 g/mol. The Hall–Kier alpha value is -5.25. The highest BCUT2D eigenvalue weighted by Gasteiger charge is 2.25. The smallest absolute Gasteiger partial charge is 0.233 e. The van der Waals surface area contributed by atoms with Crippen LogP contribution >= 0.6 is 0 Å². The highest BCUT2D eigenvalue weighted by Crippen LogP contribution is 2.30. The number of nitrogens with one attached hydrogen (secondary N) is 3. The van der Waals surface area contributed by atoms with Crippen LogP contribution in [0.15, 0.2) is 107 Å². The van der Waals surface area contributed by atoms with Gasteiger partial charge < -0.3 is 25.2 Å². The molecular formula is C28H22FN7O2. The monoisotopic (exact) mass is 507 g/mol. The van der Waals surface area contributed by atoms with Crippen molar-refractivity contribution in [3.8, 4) is 0 Å². The van der Waals surface area contributed by atoms with Crippen molar-refractivity contribution in [2.75, 3.05) is 16.0 Å². The quantitative estimate of drug-likeness (QED) is 0.213. The van der Waals surface area contributed by atoms with Crippen molar-refractivity contribution in [2.45, 2.75) is 12.5 Å². The molecule has 0 aliphatic carbocycles. The lowest BCUT2D eigenvalue weighted by molar-refractivity contribution is 0.0689. The first kappa shape index (κ1) is 23.2. The van der Waals surface area contributed by atoms with Gasteiger partial charge in [-0.25, -0.2) is 4.39 Å². The highest BCUT2D eigenvalue weighted by molar-refractivity contribution is 6.01. The Morgan fingerprint density at radius 3 is 1.82 bits per heavy atom. The van der Waals surface area contributed by atoms with E-state index >= 15 is 0 Å². The van der Waals surface area contributed by atoms with Crippen LogP contribution in [-0.4, -0.2) is 20.7 Å². The van der Waals surface area contributed by atoms with Crippen LogP contribution in [0.3, 0.4) is 0 Å². The van der Waals surface area contributed by atoms with E-state index in [2.05, 4.69) is 36.1 Å². The minimum Gasteiger partial charge on any atom is -0.465 e. The van der Waals surface area contributed by atoms with Crippen molar-refractivity contribution < 1.29 is 13.6 Å². The maximum Gasteiger partial charge on any atom is 0.233 e. The molecule has 0 bridgehead atoms. The van der Waals surface area contributed by atoms with Gasteiger partial charge in [-0.3, -0.25) is 0 Å². The van der Waals surface area contributed by atoms with Gasteiger partial charge in [-0.2, -0.15) is 15.0 Å². The van der Waals surface area contributed by atoms with Crippen molar-refractivity contribution in [1.82, 2.24) is 15.0 Å². The molecule has 188 valence electrons. The Bertz CT molecular complexity index is 1540. The van der Waals surface area contributed by atoms with E-state index in [9.17, 15) is 4.39 Å². The van der Waals surface area contributed by atoms with Gasteiger partial charge >= 0.3 is 0 Å². The number of hydrogen-bond acceptors (Lipinski definition) is 9. The van der Waals surface area contributed by atoms with Crippen LogP contribution in [0.2, 0.25) is 0 Å². The molecule has 10 heteroatoms. The van der Waals surface area contributed by atoms with Crippen LogP contribution in [-0.2, 0) is 4.84 Å². The Morgan fingerprint density at radius 2 is 1.24 bits per heavy atom. The predicted octanol–water partition coefficient (Wildman–Crippen LogP) is 6.70. The first-order valence-electron chi connectivity index (χ1n) is 11.9. The zero-order valence-corrected chi connectivity index (χ0v) is 20.0. The molecule has 3 aromatic carbocycles. The van der Waals surface area contributed by atoms with Gasteiger partial charge in [-0.1, -0.05) is 35.5 Å². The van der Waals surface area contributed by atoms with Gasteiger partial charge in [0, 0.05) is 23.5 Å². The van der Waals surface area contributed by atoms with Crippen molar-refractivity contribution in [3.05, 3.63) is 114 Å². The molecule has 1 aliphatic rings. The average Bonchev–Trinajstić information content (AvgIpc) is 3.64. The molecule has 0 spiro atoms. The summed E-state index contributed by atoms with van der Waals surface area (Å²) in [5.41, 5.74) is 4.05. The molecule has 3 N–H and O–H groups in total. The van der Waals surface area contributed by atoms with Crippen LogP contribution in [0.25, 0.3) is 0 Å². The minimum atomic E-state index is -0.324. The SMILES string of the molecule is Fc1ccc(Nc2nc(Nc3ccccc3)nc(Nc3ccc(C4=NOC(c5ccco5)C4)cc3)n2)cc1. The third-order valence-electron chi connectivity index (χ3n) is 5.77. The minimum absolute atomic E-state index is 0.217. The number of furan rings is 1. The van der Waals surface area contributed by atoms with E-state index in [1.165, 1.54) is 12.1 Å². The highest BCUT2D eigenvalue weighted by atomic mass is 19.1. The fourth-order valence-corrected chi connectivity index (χ4v) is 3.91. The van der Waals surface area contributed by atoms with Gasteiger partial charge in [0.2, 0.25) is 17.8 Å². The second-order valence-electron chi connectivity index (χ2n) is 8.48. The molecule has 0 saturated carbocycles. The molecule has 6 rings (SSSR count). The van der Waals surface area contributed by atoms with Crippen LogP contribution in [0.5, 0.6) is 0 Å². The number of oxime groups is 1. The number of aromatic nitrogens is 3. The third kappa shape index (κ3) is 5.44. The summed E-state index contributed by atoms with van der Waals surface area (Å²) in [6.07, 6.45) is 2.03. The number of benzene rings is 3. The molecule has 1 atom stereocenters. The summed E-state index contributed by atoms with van der Waals surface area (Å²) in [6, 6.07) is 27.0. The standard InChI is InChI=1S/C28H22FN7O2/c29-19-10-14-22(15-11-19)32-28-34-26(30-20-5-2-1-3-6-20)33-27(35-28)31-21-12-8-18(9-13-21)23-17-25(38-36-23)24-7-4-16-37-24/h1-16,25H,17H2,(H3,30,31,32,33,34,35). The van der Waals surface area contributed by atoms with E-state index in [1.807, 2.05) is 66.7 Å². The van der Waals surface area contributed by atoms with Crippen molar-refractivity contribution in [3.63, 3.8) is 0 Å². The predicted molar refractivity (Wildman–Crippen MR) is 143 cm³/mol. The fraction of sp³-hybridized carbons (Fsp3) is 0.0714. The Labute approximate surface area is 217 Å². The molecule has 0 radical (unpaired) electrons. The summed E-state index contributed by atoms with van der Waals surface area (Å²) < 4.78 is 18.8. The molecule has 1 aliphatic heterocycles. The molecule has 0 fully saturated rings. The number of anilines is 6. The second kappa shape index (κ2) is 10.4. The number of para-hydroxylation sites is 1. The second-order valence-corrected chi connectivity index (χ2v) is 8.48. The fourth-order valence-electron chi connectivity index (χ4n) is 3.91. The molecule has 0 amide bonds. The summed E-state index contributed by atoms with van der Waals surface area (Å²) >= 11 is 0. The summed E-state index contributed by atoms with van der Waals surface area (Å²) in [5, 5.41) is 13.7. The van der Waals surface area contributed by atoms with E-state index in [0.717, 1.165) is 28.4 Å². The van der Waals surface area contributed by atoms with Crippen molar-refractivity contribution in [2.24, 2.45) is 5.16 Å². The van der Waals surface area contributed by atoms with Gasteiger partial charge in [0.25, 0.3) is 0 Å². The van der Waals surface area contributed by atoms with E-state index in [-0.39, 0.29) is 11.9 Å².